The van der Waals surface area contributed by atoms with Gasteiger partial charge in [0.2, 0.25) is 5.91 Å². The lowest BCUT2D eigenvalue weighted by molar-refractivity contribution is -0.131. The Morgan fingerprint density at radius 3 is 2.38 bits per heavy atom. The first-order valence-corrected chi connectivity index (χ1v) is 8.17. The summed E-state index contributed by atoms with van der Waals surface area (Å²) in [4.78, 5) is 16.0. The van der Waals surface area contributed by atoms with Gasteiger partial charge in [-0.3, -0.25) is 9.69 Å². The largest absolute Gasteiger partial charge is 0.494 e. The van der Waals surface area contributed by atoms with Crippen LogP contribution in [0.15, 0.2) is 40.8 Å². The Kier molecular flexibility index (Phi) is 6.44. The number of hydrogen-bond acceptors (Lipinski definition) is 4. The minimum atomic E-state index is 0.0784. The first-order chi connectivity index (χ1) is 11.5. The molecule has 0 saturated carbocycles. The van der Waals surface area contributed by atoms with Crippen molar-refractivity contribution in [1.82, 2.24) is 9.80 Å². The fraction of sp³-hybridized carbons (Fsp3) is 0.421. The monoisotopic (exact) mass is 330 g/mol. The zero-order valence-corrected chi connectivity index (χ0v) is 14.9. The van der Waals surface area contributed by atoms with E-state index in [9.17, 15) is 4.79 Å². The zero-order chi connectivity index (χ0) is 17.5. The SMILES string of the molecule is CCOc1ccc(CN(C)C(=O)CN(C)Cc2ccc(C)o2)cc1. The predicted octanol–water partition coefficient (Wildman–Crippen LogP) is 3.08. The van der Waals surface area contributed by atoms with Gasteiger partial charge in [-0.15, -0.1) is 0 Å². The van der Waals surface area contributed by atoms with E-state index in [-0.39, 0.29) is 5.91 Å². The number of benzene rings is 1. The summed E-state index contributed by atoms with van der Waals surface area (Å²) in [5.41, 5.74) is 1.08. The van der Waals surface area contributed by atoms with Crippen molar-refractivity contribution >= 4 is 5.91 Å². The Labute approximate surface area is 143 Å². The van der Waals surface area contributed by atoms with Crippen LogP contribution in [-0.2, 0) is 17.9 Å². The highest BCUT2D eigenvalue weighted by Gasteiger charge is 2.13. The normalized spacial score (nSPS) is 10.9. The van der Waals surface area contributed by atoms with Gasteiger partial charge in [-0.2, -0.15) is 0 Å². The first kappa shape index (κ1) is 18.1. The van der Waals surface area contributed by atoms with Crippen molar-refractivity contribution in [3.8, 4) is 5.75 Å². The fourth-order valence-corrected chi connectivity index (χ4v) is 2.46. The van der Waals surface area contributed by atoms with Gasteiger partial charge in [-0.1, -0.05) is 12.1 Å². The summed E-state index contributed by atoms with van der Waals surface area (Å²) in [7, 11) is 3.74. The molecule has 24 heavy (non-hydrogen) atoms. The Morgan fingerprint density at radius 1 is 1.08 bits per heavy atom. The molecule has 1 amide bonds. The van der Waals surface area contributed by atoms with Gasteiger partial charge < -0.3 is 14.1 Å². The zero-order valence-electron chi connectivity index (χ0n) is 14.9. The van der Waals surface area contributed by atoms with Crippen LogP contribution in [0.5, 0.6) is 5.75 Å². The Morgan fingerprint density at radius 2 is 1.79 bits per heavy atom. The molecule has 0 spiro atoms. The van der Waals surface area contributed by atoms with Gasteiger partial charge in [0.05, 0.1) is 19.7 Å². The minimum absolute atomic E-state index is 0.0784. The summed E-state index contributed by atoms with van der Waals surface area (Å²) in [5.74, 6) is 2.69. The van der Waals surface area contributed by atoms with Crippen molar-refractivity contribution in [3.63, 3.8) is 0 Å². The van der Waals surface area contributed by atoms with Crippen LogP contribution in [0.2, 0.25) is 0 Å². The van der Waals surface area contributed by atoms with Crippen LogP contribution < -0.4 is 4.74 Å². The predicted molar refractivity (Wildman–Crippen MR) is 93.9 cm³/mol. The van der Waals surface area contributed by atoms with E-state index in [1.165, 1.54) is 0 Å². The molecule has 0 bridgehead atoms. The van der Waals surface area contributed by atoms with Crippen LogP contribution in [0.4, 0.5) is 0 Å². The van der Waals surface area contributed by atoms with Gasteiger partial charge in [0.25, 0.3) is 0 Å². The second-order valence-electron chi connectivity index (χ2n) is 6.01. The number of ether oxygens (including phenoxy) is 1. The summed E-state index contributed by atoms with van der Waals surface area (Å²) < 4.78 is 11.0. The standard InChI is InChI=1S/C19H26N2O3/c1-5-23-17-10-7-16(8-11-17)12-21(4)19(22)14-20(3)13-18-9-6-15(2)24-18/h6-11H,5,12-14H2,1-4H3. The van der Waals surface area contributed by atoms with Gasteiger partial charge in [0.15, 0.2) is 0 Å². The molecule has 5 nitrogen and oxygen atoms in total. The van der Waals surface area contributed by atoms with Gasteiger partial charge in [-0.25, -0.2) is 0 Å². The molecule has 0 radical (unpaired) electrons. The van der Waals surface area contributed by atoms with Crippen LogP contribution in [0, 0.1) is 6.92 Å². The Balaban J connectivity index is 1.82. The number of hydrogen-bond donors (Lipinski definition) is 0. The highest BCUT2D eigenvalue weighted by atomic mass is 16.5. The molecule has 0 unspecified atom stereocenters. The van der Waals surface area contributed by atoms with Crippen molar-refractivity contribution < 1.29 is 13.9 Å². The summed E-state index contributed by atoms with van der Waals surface area (Å²) in [6.07, 6.45) is 0. The lowest BCUT2D eigenvalue weighted by Crippen LogP contribution is -2.35. The highest BCUT2D eigenvalue weighted by molar-refractivity contribution is 5.77. The van der Waals surface area contributed by atoms with Gasteiger partial charge in [-0.05, 0) is 50.7 Å². The smallest absolute Gasteiger partial charge is 0.236 e. The van der Waals surface area contributed by atoms with E-state index in [4.69, 9.17) is 9.15 Å². The molecule has 1 aromatic heterocycles. The summed E-state index contributed by atoms with van der Waals surface area (Å²) in [6, 6.07) is 11.7. The maximum atomic E-state index is 12.4. The van der Waals surface area contributed by atoms with Crippen molar-refractivity contribution in [2.75, 3.05) is 27.2 Å². The van der Waals surface area contributed by atoms with E-state index >= 15 is 0 Å². The molecule has 0 aliphatic rings. The molecule has 1 heterocycles. The molecule has 0 aliphatic heterocycles. The van der Waals surface area contributed by atoms with E-state index < -0.39 is 0 Å². The summed E-state index contributed by atoms with van der Waals surface area (Å²) in [6.45, 7) is 6.09. The van der Waals surface area contributed by atoms with Crippen molar-refractivity contribution in [2.24, 2.45) is 0 Å². The number of nitrogens with zero attached hydrogens (tertiary/aromatic N) is 2. The number of rotatable bonds is 8. The Hall–Kier alpha value is -2.27. The second-order valence-corrected chi connectivity index (χ2v) is 6.01. The number of carbonyl (C=O) groups is 1. The third-order valence-corrected chi connectivity index (χ3v) is 3.71. The third kappa shape index (κ3) is 5.42. The lowest BCUT2D eigenvalue weighted by Gasteiger charge is -2.21. The van der Waals surface area contributed by atoms with Crippen molar-refractivity contribution in [1.29, 1.82) is 0 Å². The third-order valence-electron chi connectivity index (χ3n) is 3.71. The minimum Gasteiger partial charge on any atom is -0.494 e. The molecule has 0 saturated heterocycles. The van der Waals surface area contributed by atoms with Gasteiger partial charge in [0.1, 0.15) is 17.3 Å². The van der Waals surface area contributed by atoms with Gasteiger partial charge in [0, 0.05) is 13.6 Å². The van der Waals surface area contributed by atoms with Gasteiger partial charge >= 0.3 is 0 Å². The number of furan rings is 1. The van der Waals surface area contributed by atoms with E-state index in [2.05, 4.69) is 0 Å². The maximum absolute atomic E-state index is 12.4. The molecule has 0 aliphatic carbocycles. The Bertz CT molecular complexity index is 649. The first-order valence-electron chi connectivity index (χ1n) is 8.17. The fourth-order valence-electron chi connectivity index (χ4n) is 2.46. The molecule has 1 aromatic carbocycles. The van der Waals surface area contributed by atoms with Crippen molar-refractivity contribution in [3.05, 3.63) is 53.5 Å². The molecule has 2 rings (SSSR count). The van der Waals surface area contributed by atoms with E-state index in [1.54, 1.807) is 4.90 Å². The van der Waals surface area contributed by atoms with E-state index in [0.29, 0.717) is 26.2 Å². The molecular weight excluding hydrogens is 304 g/mol. The second kappa shape index (κ2) is 8.55. The molecule has 130 valence electrons. The topological polar surface area (TPSA) is 45.9 Å². The average Bonchev–Trinajstić information content (AvgIpc) is 2.94. The van der Waals surface area contributed by atoms with E-state index in [0.717, 1.165) is 22.8 Å². The van der Waals surface area contributed by atoms with Crippen LogP contribution in [-0.4, -0.2) is 43.0 Å². The molecule has 2 aromatic rings. The summed E-state index contributed by atoms with van der Waals surface area (Å²) in [5, 5.41) is 0. The van der Waals surface area contributed by atoms with Crippen LogP contribution in [0.3, 0.4) is 0 Å². The molecule has 0 N–H and O–H groups in total. The van der Waals surface area contributed by atoms with Crippen LogP contribution in [0.25, 0.3) is 0 Å². The quantitative estimate of drug-likeness (QED) is 0.746. The molecule has 5 heteroatoms. The summed E-state index contributed by atoms with van der Waals surface area (Å²) >= 11 is 0. The maximum Gasteiger partial charge on any atom is 0.236 e. The van der Waals surface area contributed by atoms with E-state index in [1.807, 2.05) is 69.2 Å². The molecule has 0 fully saturated rings. The van der Waals surface area contributed by atoms with Crippen molar-refractivity contribution in [2.45, 2.75) is 26.9 Å². The number of likely N-dealkylation sites (N-methyl/N-ethyl adjacent to an activating group) is 2. The molecule has 0 atom stereocenters. The number of amides is 1. The van der Waals surface area contributed by atoms with Crippen LogP contribution >= 0.6 is 0 Å². The van der Waals surface area contributed by atoms with Crippen LogP contribution in [0.1, 0.15) is 24.0 Å². The highest BCUT2D eigenvalue weighted by Crippen LogP contribution is 2.13. The molecular formula is C19H26N2O3. The number of carbonyl (C=O) groups excluding carboxylic acids is 1. The number of aryl methyl sites for hydroxylation is 1. The average molecular weight is 330 g/mol. The lowest BCUT2D eigenvalue weighted by atomic mass is 10.2.